The number of benzene rings is 2. The minimum Gasteiger partial charge on any atom is -0.494 e. The fourth-order valence-electron chi connectivity index (χ4n) is 3.47. The van der Waals surface area contributed by atoms with Crippen LogP contribution in [-0.4, -0.2) is 45.0 Å². The summed E-state index contributed by atoms with van der Waals surface area (Å²) in [6, 6.07) is 16.2. The highest BCUT2D eigenvalue weighted by molar-refractivity contribution is 7.89. The predicted molar refractivity (Wildman–Crippen MR) is 112 cm³/mol. The number of aryl methyl sites for hydroxylation is 1. The fourth-order valence-corrected chi connectivity index (χ4v) is 4.77. The van der Waals surface area contributed by atoms with Crippen LogP contribution >= 0.6 is 0 Å². The van der Waals surface area contributed by atoms with Gasteiger partial charge < -0.3 is 9.64 Å². The van der Waals surface area contributed by atoms with E-state index in [-0.39, 0.29) is 16.8 Å². The van der Waals surface area contributed by atoms with Crippen molar-refractivity contribution < 1.29 is 17.9 Å². The van der Waals surface area contributed by atoms with Crippen molar-refractivity contribution in [2.45, 2.75) is 43.5 Å². The third-order valence-electron chi connectivity index (χ3n) is 5.08. The zero-order chi connectivity index (χ0) is 20.7. The number of nitrogens with zero attached hydrogens (tertiary/aromatic N) is 1. The average molecular weight is 417 g/mol. The summed E-state index contributed by atoms with van der Waals surface area (Å²) in [5, 5.41) is 0. The quantitative estimate of drug-likeness (QED) is 0.718. The van der Waals surface area contributed by atoms with Crippen LogP contribution in [0.1, 0.15) is 31.7 Å². The van der Waals surface area contributed by atoms with E-state index in [9.17, 15) is 13.2 Å². The average Bonchev–Trinajstić information content (AvgIpc) is 2.74. The first-order valence-electron chi connectivity index (χ1n) is 10.0. The van der Waals surface area contributed by atoms with Gasteiger partial charge in [-0.25, -0.2) is 13.1 Å². The topological polar surface area (TPSA) is 75.7 Å². The molecule has 1 aliphatic rings. The lowest BCUT2D eigenvalue weighted by Gasteiger charge is -2.32. The second-order valence-corrected chi connectivity index (χ2v) is 8.88. The van der Waals surface area contributed by atoms with E-state index in [1.807, 2.05) is 42.2 Å². The van der Waals surface area contributed by atoms with Crippen molar-refractivity contribution in [3.05, 3.63) is 60.2 Å². The third-order valence-corrected chi connectivity index (χ3v) is 6.62. The predicted octanol–water partition coefficient (Wildman–Crippen LogP) is 2.99. The SMILES string of the molecule is CCOc1ccc(S(=O)(=O)NC2CCN(C(=O)CCc3ccccc3)CC2)cc1. The molecule has 7 heteroatoms. The molecule has 156 valence electrons. The summed E-state index contributed by atoms with van der Waals surface area (Å²) in [7, 11) is -3.58. The normalized spacial score (nSPS) is 15.3. The molecule has 0 aliphatic carbocycles. The molecule has 1 saturated heterocycles. The molecule has 2 aromatic rings. The number of rotatable bonds is 8. The van der Waals surface area contributed by atoms with Gasteiger partial charge in [0.05, 0.1) is 11.5 Å². The first-order valence-corrected chi connectivity index (χ1v) is 11.5. The van der Waals surface area contributed by atoms with Gasteiger partial charge >= 0.3 is 0 Å². The van der Waals surface area contributed by atoms with E-state index in [1.54, 1.807) is 24.3 Å². The molecule has 0 aromatic heterocycles. The summed E-state index contributed by atoms with van der Waals surface area (Å²) >= 11 is 0. The smallest absolute Gasteiger partial charge is 0.240 e. The number of ether oxygens (including phenoxy) is 1. The van der Waals surface area contributed by atoms with E-state index >= 15 is 0 Å². The van der Waals surface area contributed by atoms with E-state index in [0.29, 0.717) is 44.7 Å². The number of hydrogen-bond acceptors (Lipinski definition) is 4. The Balaban J connectivity index is 1.47. The van der Waals surface area contributed by atoms with Gasteiger partial charge in [-0.15, -0.1) is 0 Å². The molecule has 0 bridgehead atoms. The minimum absolute atomic E-state index is 0.127. The van der Waals surface area contributed by atoms with E-state index in [0.717, 1.165) is 12.0 Å². The molecular formula is C22H28N2O4S. The lowest BCUT2D eigenvalue weighted by atomic mass is 10.0. The van der Waals surface area contributed by atoms with Gasteiger partial charge in [0.1, 0.15) is 5.75 Å². The van der Waals surface area contributed by atoms with Crippen LogP contribution in [0.3, 0.4) is 0 Å². The number of piperidine rings is 1. The lowest BCUT2D eigenvalue weighted by Crippen LogP contribution is -2.46. The monoisotopic (exact) mass is 416 g/mol. The van der Waals surface area contributed by atoms with Gasteiger partial charge in [-0.1, -0.05) is 30.3 Å². The highest BCUT2D eigenvalue weighted by atomic mass is 32.2. The van der Waals surface area contributed by atoms with Crippen LogP contribution in [0.4, 0.5) is 0 Å². The summed E-state index contributed by atoms with van der Waals surface area (Å²) in [6.07, 6.45) is 2.44. The molecule has 0 unspecified atom stereocenters. The molecule has 1 N–H and O–H groups in total. The van der Waals surface area contributed by atoms with Crippen LogP contribution in [0.5, 0.6) is 5.75 Å². The zero-order valence-corrected chi connectivity index (χ0v) is 17.5. The van der Waals surface area contributed by atoms with Gasteiger partial charge in [0.25, 0.3) is 0 Å². The van der Waals surface area contributed by atoms with Crippen molar-refractivity contribution >= 4 is 15.9 Å². The van der Waals surface area contributed by atoms with Gasteiger partial charge in [-0.05, 0) is 56.0 Å². The summed E-state index contributed by atoms with van der Waals surface area (Å²) in [6.45, 7) is 3.56. The number of hydrogen-bond donors (Lipinski definition) is 1. The molecule has 29 heavy (non-hydrogen) atoms. The largest absolute Gasteiger partial charge is 0.494 e. The first kappa shape index (κ1) is 21.3. The highest BCUT2D eigenvalue weighted by Crippen LogP contribution is 2.19. The number of sulfonamides is 1. The van der Waals surface area contributed by atoms with Crippen LogP contribution < -0.4 is 9.46 Å². The third kappa shape index (κ3) is 6.05. The molecule has 3 rings (SSSR count). The lowest BCUT2D eigenvalue weighted by molar-refractivity contribution is -0.132. The van der Waals surface area contributed by atoms with Crippen molar-refractivity contribution in [2.24, 2.45) is 0 Å². The molecule has 0 saturated carbocycles. The standard InChI is InChI=1S/C22H28N2O4S/c1-2-28-20-9-11-21(12-10-20)29(26,27)23-19-14-16-24(17-15-19)22(25)13-8-18-6-4-3-5-7-18/h3-7,9-12,19,23H,2,8,13-17H2,1H3. The molecule has 1 fully saturated rings. The first-order chi connectivity index (χ1) is 14.0. The molecule has 6 nitrogen and oxygen atoms in total. The van der Waals surface area contributed by atoms with Crippen LogP contribution in [0, 0.1) is 0 Å². The molecule has 0 atom stereocenters. The second kappa shape index (κ2) is 9.89. The minimum atomic E-state index is -3.58. The number of carbonyl (C=O) groups is 1. The summed E-state index contributed by atoms with van der Waals surface area (Å²) in [5.41, 5.74) is 1.15. The van der Waals surface area contributed by atoms with Gasteiger partial charge in [0.15, 0.2) is 0 Å². The molecular weight excluding hydrogens is 388 g/mol. The Morgan fingerprint density at radius 3 is 2.34 bits per heavy atom. The molecule has 2 aromatic carbocycles. The van der Waals surface area contributed by atoms with Crippen LogP contribution in [0.25, 0.3) is 0 Å². The van der Waals surface area contributed by atoms with Gasteiger partial charge in [0, 0.05) is 25.6 Å². The number of carbonyl (C=O) groups excluding carboxylic acids is 1. The number of likely N-dealkylation sites (tertiary alicyclic amines) is 1. The molecule has 0 radical (unpaired) electrons. The van der Waals surface area contributed by atoms with E-state index < -0.39 is 10.0 Å². The Labute approximate surface area is 172 Å². The Bertz CT molecular complexity index is 890. The highest BCUT2D eigenvalue weighted by Gasteiger charge is 2.26. The molecule has 1 aliphatic heterocycles. The van der Waals surface area contributed by atoms with Crippen molar-refractivity contribution in [2.75, 3.05) is 19.7 Å². The van der Waals surface area contributed by atoms with Crippen LogP contribution in [0.2, 0.25) is 0 Å². The van der Waals surface area contributed by atoms with Crippen molar-refractivity contribution in [1.82, 2.24) is 9.62 Å². The number of amides is 1. The molecule has 0 spiro atoms. The summed E-state index contributed by atoms with van der Waals surface area (Å²) in [5.74, 6) is 0.774. The van der Waals surface area contributed by atoms with E-state index in [4.69, 9.17) is 4.74 Å². The maximum absolute atomic E-state index is 12.6. The van der Waals surface area contributed by atoms with Crippen molar-refractivity contribution in [1.29, 1.82) is 0 Å². The Morgan fingerprint density at radius 2 is 1.72 bits per heavy atom. The number of nitrogens with one attached hydrogen (secondary N) is 1. The van der Waals surface area contributed by atoms with E-state index in [1.165, 1.54) is 0 Å². The summed E-state index contributed by atoms with van der Waals surface area (Å²) < 4.78 is 33.4. The Hall–Kier alpha value is -2.38. The van der Waals surface area contributed by atoms with Gasteiger partial charge in [-0.2, -0.15) is 0 Å². The summed E-state index contributed by atoms with van der Waals surface area (Å²) in [4.78, 5) is 14.5. The van der Waals surface area contributed by atoms with Crippen molar-refractivity contribution in [3.63, 3.8) is 0 Å². The zero-order valence-electron chi connectivity index (χ0n) is 16.7. The fraction of sp³-hybridized carbons (Fsp3) is 0.409. The van der Waals surface area contributed by atoms with Crippen LogP contribution in [-0.2, 0) is 21.2 Å². The van der Waals surface area contributed by atoms with Gasteiger partial charge in [-0.3, -0.25) is 4.79 Å². The second-order valence-electron chi connectivity index (χ2n) is 7.17. The Kier molecular flexibility index (Phi) is 7.28. The molecule has 1 amide bonds. The maximum atomic E-state index is 12.6. The van der Waals surface area contributed by atoms with Crippen molar-refractivity contribution in [3.8, 4) is 5.75 Å². The van der Waals surface area contributed by atoms with E-state index in [2.05, 4.69) is 4.72 Å². The van der Waals surface area contributed by atoms with Crippen LogP contribution in [0.15, 0.2) is 59.5 Å². The molecule has 1 heterocycles. The Morgan fingerprint density at radius 1 is 1.07 bits per heavy atom. The maximum Gasteiger partial charge on any atom is 0.240 e. The van der Waals surface area contributed by atoms with Gasteiger partial charge in [0.2, 0.25) is 15.9 Å².